The molecule has 2 heterocycles. The number of nitrogens with one attached hydrogen (secondary N) is 1. The van der Waals surface area contributed by atoms with Crippen molar-refractivity contribution < 1.29 is 4.79 Å². The molecule has 0 aromatic heterocycles. The second kappa shape index (κ2) is 7.39. The molecule has 2 aliphatic heterocycles. The molecular formula is C14H27N3OS. The highest BCUT2D eigenvalue weighted by Crippen LogP contribution is 2.17. The van der Waals surface area contributed by atoms with Crippen LogP contribution >= 0.6 is 11.8 Å². The molecule has 0 radical (unpaired) electrons. The van der Waals surface area contributed by atoms with Gasteiger partial charge in [0.1, 0.15) is 0 Å². The van der Waals surface area contributed by atoms with Gasteiger partial charge < -0.3 is 10.2 Å². The Hall–Kier alpha value is -0.420. The van der Waals surface area contributed by atoms with E-state index in [-0.39, 0.29) is 6.03 Å². The molecule has 0 spiro atoms. The zero-order chi connectivity index (χ0) is 13.7. The summed E-state index contributed by atoms with van der Waals surface area (Å²) in [7, 11) is 0. The van der Waals surface area contributed by atoms with E-state index >= 15 is 0 Å². The summed E-state index contributed by atoms with van der Waals surface area (Å²) in [5.41, 5.74) is 0. The highest BCUT2D eigenvalue weighted by Gasteiger charge is 2.22. The molecule has 2 fully saturated rings. The average Bonchev–Trinajstić information content (AvgIpc) is 2.46. The third-order valence-electron chi connectivity index (χ3n) is 4.29. The Morgan fingerprint density at radius 1 is 1.26 bits per heavy atom. The summed E-state index contributed by atoms with van der Waals surface area (Å²) in [6.45, 7) is 9.48. The van der Waals surface area contributed by atoms with Crippen LogP contribution in [0.3, 0.4) is 0 Å². The monoisotopic (exact) mass is 285 g/mol. The van der Waals surface area contributed by atoms with Crippen molar-refractivity contribution in [3.8, 4) is 0 Å². The molecule has 19 heavy (non-hydrogen) atoms. The molecule has 4 nitrogen and oxygen atoms in total. The molecule has 0 bridgehead atoms. The molecule has 2 saturated heterocycles. The fraction of sp³-hybridized carbons (Fsp3) is 0.929. The first-order valence-electron chi connectivity index (χ1n) is 7.51. The minimum atomic E-state index is 0.123. The smallest absolute Gasteiger partial charge is 0.317 e. The number of amides is 2. The maximum Gasteiger partial charge on any atom is 0.317 e. The van der Waals surface area contributed by atoms with Crippen LogP contribution in [0, 0.1) is 5.92 Å². The van der Waals surface area contributed by atoms with Crippen LogP contribution in [0.1, 0.15) is 26.7 Å². The Labute approximate surface area is 121 Å². The number of hydrogen-bond acceptors (Lipinski definition) is 3. The summed E-state index contributed by atoms with van der Waals surface area (Å²) in [5.74, 6) is 3.02. The molecule has 1 N–H and O–H groups in total. The van der Waals surface area contributed by atoms with E-state index in [1.807, 2.05) is 16.7 Å². The van der Waals surface area contributed by atoms with Crippen molar-refractivity contribution in [2.45, 2.75) is 32.7 Å². The zero-order valence-electron chi connectivity index (χ0n) is 12.2. The van der Waals surface area contributed by atoms with Crippen LogP contribution in [0.5, 0.6) is 0 Å². The Kier molecular flexibility index (Phi) is 5.82. The van der Waals surface area contributed by atoms with E-state index in [1.54, 1.807) is 0 Å². The molecule has 2 rings (SSSR count). The lowest BCUT2D eigenvalue weighted by Crippen LogP contribution is -2.50. The number of carbonyl (C=O) groups excluding carboxylic acids is 1. The number of rotatable bonds is 3. The Morgan fingerprint density at radius 2 is 1.89 bits per heavy atom. The molecule has 2 amide bonds. The lowest BCUT2D eigenvalue weighted by Gasteiger charge is -2.35. The van der Waals surface area contributed by atoms with Gasteiger partial charge in [-0.2, -0.15) is 11.8 Å². The minimum absolute atomic E-state index is 0.123. The van der Waals surface area contributed by atoms with Gasteiger partial charge in [-0.1, -0.05) is 6.92 Å². The number of hydrogen-bond donors (Lipinski definition) is 1. The molecule has 2 aliphatic rings. The molecule has 110 valence electrons. The normalized spacial score (nSPS) is 24.2. The van der Waals surface area contributed by atoms with Crippen molar-refractivity contribution in [2.75, 3.05) is 44.2 Å². The van der Waals surface area contributed by atoms with E-state index in [0.29, 0.717) is 6.04 Å². The molecule has 0 aromatic rings. The third-order valence-corrected chi connectivity index (χ3v) is 5.23. The van der Waals surface area contributed by atoms with Crippen molar-refractivity contribution >= 4 is 17.8 Å². The van der Waals surface area contributed by atoms with Gasteiger partial charge in [-0.05, 0) is 38.8 Å². The summed E-state index contributed by atoms with van der Waals surface area (Å²) in [6.07, 6.45) is 2.59. The van der Waals surface area contributed by atoms with Crippen LogP contribution in [0.15, 0.2) is 0 Å². The van der Waals surface area contributed by atoms with Crippen LogP contribution in [0.2, 0.25) is 0 Å². The van der Waals surface area contributed by atoms with Crippen LogP contribution in [-0.4, -0.2) is 66.1 Å². The highest BCUT2D eigenvalue weighted by molar-refractivity contribution is 7.99. The van der Waals surface area contributed by atoms with Crippen molar-refractivity contribution in [3.05, 3.63) is 0 Å². The summed E-state index contributed by atoms with van der Waals surface area (Å²) in [6, 6.07) is 0.577. The van der Waals surface area contributed by atoms with Gasteiger partial charge >= 0.3 is 6.03 Å². The molecule has 1 unspecified atom stereocenters. The number of urea groups is 1. The highest BCUT2D eigenvalue weighted by atomic mass is 32.2. The van der Waals surface area contributed by atoms with Crippen molar-refractivity contribution in [1.29, 1.82) is 0 Å². The van der Waals surface area contributed by atoms with Gasteiger partial charge in [0.15, 0.2) is 0 Å². The number of nitrogens with zero attached hydrogens (tertiary/aromatic N) is 2. The first-order chi connectivity index (χ1) is 9.16. The molecule has 5 heteroatoms. The summed E-state index contributed by atoms with van der Waals surface area (Å²) in [4.78, 5) is 16.5. The van der Waals surface area contributed by atoms with Gasteiger partial charge in [0.2, 0.25) is 0 Å². The van der Waals surface area contributed by atoms with E-state index in [9.17, 15) is 4.79 Å². The van der Waals surface area contributed by atoms with Crippen LogP contribution in [0.25, 0.3) is 0 Å². The van der Waals surface area contributed by atoms with Gasteiger partial charge in [0.25, 0.3) is 0 Å². The van der Waals surface area contributed by atoms with Gasteiger partial charge in [0.05, 0.1) is 0 Å². The predicted molar refractivity (Wildman–Crippen MR) is 81.7 cm³/mol. The first-order valence-corrected chi connectivity index (χ1v) is 8.67. The lowest BCUT2D eigenvalue weighted by atomic mass is 9.98. The van der Waals surface area contributed by atoms with Gasteiger partial charge in [-0.15, -0.1) is 0 Å². The lowest BCUT2D eigenvalue weighted by molar-refractivity contribution is 0.142. The largest absolute Gasteiger partial charge is 0.336 e. The van der Waals surface area contributed by atoms with Crippen molar-refractivity contribution in [2.24, 2.45) is 5.92 Å². The van der Waals surface area contributed by atoms with Gasteiger partial charge in [-0.25, -0.2) is 4.79 Å². The summed E-state index contributed by atoms with van der Waals surface area (Å²) >= 11 is 1.93. The Balaban J connectivity index is 1.67. The number of piperidine rings is 1. The second-order valence-corrected chi connectivity index (χ2v) is 7.08. The van der Waals surface area contributed by atoms with Crippen LogP contribution < -0.4 is 5.32 Å². The number of carbonyl (C=O) groups is 1. The molecule has 0 saturated carbocycles. The van der Waals surface area contributed by atoms with E-state index < -0.39 is 0 Å². The average molecular weight is 285 g/mol. The van der Waals surface area contributed by atoms with Crippen molar-refractivity contribution in [3.63, 3.8) is 0 Å². The standard InChI is InChI=1S/C14H27N3OS/c1-12-3-5-16(6-4-12)13(2)11-15-14(18)17-7-9-19-10-8-17/h12-13H,3-11H2,1-2H3,(H,15,18). The predicted octanol–water partition coefficient (Wildman–Crippen LogP) is 1.87. The van der Waals surface area contributed by atoms with Gasteiger partial charge in [-0.3, -0.25) is 4.90 Å². The summed E-state index contributed by atoms with van der Waals surface area (Å²) < 4.78 is 0. The quantitative estimate of drug-likeness (QED) is 0.860. The third kappa shape index (κ3) is 4.56. The van der Waals surface area contributed by atoms with E-state index in [2.05, 4.69) is 24.1 Å². The fourth-order valence-electron chi connectivity index (χ4n) is 2.71. The van der Waals surface area contributed by atoms with E-state index in [1.165, 1.54) is 25.9 Å². The van der Waals surface area contributed by atoms with E-state index in [0.717, 1.165) is 37.1 Å². The minimum Gasteiger partial charge on any atom is -0.336 e. The Morgan fingerprint density at radius 3 is 2.53 bits per heavy atom. The maximum atomic E-state index is 12.0. The number of thioether (sulfide) groups is 1. The van der Waals surface area contributed by atoms with Gasteiger partial charge in [0, 0.05) is 37.2 Å². The Bertz CT molecular complexity index is 286. The van der Waals surface area contributed by atoms with E-state index in [4.69, 9.17) is 0 Å². The van der Waals surface area contributed by atoms with Crippen LogP contribution in [0.4, 0.5) is 4.79 Å². The fourth-order valence-corrected chi connectivity index (χ4v) is 3.61. The number of likely N-dealkylation sites (tertiary alicyclic amines) is 1. The molecule has 0 aromatic carbocycles. The molecule has 1 atom stereocenters. The molecule has 0 aliphatic carbocycles. The maximum absolute atomic E-state index is 12.0. The molecular weight excluding hydrogens is 258 g/mol. The zero-order valence-corrected chi connectivity index (χ0v) is 13.0. The first kappa shape index (κ1) is 15.0. The second-order valence-electron chi connectivity index (χ2n) is 5.85. The topological polar surface area (TPSA) is 35.6 Å². The summed E-state index contributed by atoms with van der Waals surface area (Å²) in [5, 5.41) is 3.10. The van der Waals surface area contributed by atoms with Crippen LogP contribution in [-0.2, 0) is 0 Å². The van der Waals surface area contributed by atoms with Crippen molar-refractivity contribution in [1.82, 2.24) is 15.1 Å². The SMILES string of the molecule is CC1CCN(C(C)CNC(=O)N2CCSCC2)CC1.